The first-order valence-corrected chi connectivity index (χ1v) is 8.14. The van der Waals surface area contributed by atoms with Crippen molar-refractivity contribution in [1.29, 1.82) is 0 Å². The summed E-state index contributed by atoms with van der Waals surface area (Å²) in [5.74, 6) is 2.01. The van der Waals surface area contributed by atoms with Crippen molar-refractivity contribution in [2.24, 2.45) is 4.99 Å². The van der Waals surface area contributed by atoms with Crippen molar-refractivity contribution in [3.63, 3.8) is 0 Å². The molecule has 5 nitrogen and oxygen atoms in total. The molecule has 1 atom stereocenters. The first-order valence-electron chi connectivity index (χ1n) is 6.65. The molecule has 0 saturated carbocycles. The van der Waals surface area contributed by atoms with Gasteiger partial charge in [-0.15, -0.1) is 0 Å². The molecule has 0 aliphatic carbocycles. The zero-order valence-electron chi connectivity index (χ0n) is 12.0. The highest BCUT2D eigenvalue weighted by atomic mass is 32.2. The van der Waals surface area contributed by atoms with E-state index in [1.54, 1.807) is 24.3 Å². The molecule has 1 aliphatic rings. The molecular weight excluding hydrogens is 288 g/mol. The summed E-state index contributed by atoms with van der Waals surface area (Å²) in [6, 6.07) is 8.58. The zero-order chi connectivity index (χ0) is 15.2. The number of aliphatic imine (C=N–C) groups is 1. The number of fused-ring (bicyclic) bond motifs is 1. The number of sulfonamides is 1. The fourth-order valence-electron chi connectivity index (χ4n) is 2.56. The van der Waals surface area contributed by atoms with E-state index < -0.39 is 10.0 Å². The summed E-state index contributed by atoms with van der Waals surface area (Å²) < 4.78 is 32.1. The van der Waals surface area contributed by atoms with Crippen LogP contribution < -0.4 is 4.72 Å². The fourth-order valence-corrected chi connectivity index (χ4v) is 3.80. The SMILES string of the molecule is Cc1cc(C(C)N=C2NS(=O)(=O)c3ccccc32)c(C)o1. The van der Waals surface area contributed by atoms with Crippen LogP contribution in [0.3, 0.4) is 0 Å². The van der Waals surface area contributed by atoms with Gasteiger partial charge in [0.25, 0.3) is 10.0 Å². The number of rotatable bonds is 2. The molecule has 1 aromatic carbocycles. The first kappa shape index (κ1) is 13.9. The van der Waals surface area contributed by atoms with E-state index in [1.165, 1.54) is 0 Å². The average molecular weight is 304 g/mol. The monoisotopic (exact) mass is 304 g/mol. The van der Waals surface area contributed by atoms with Crippen molar-refractivity contribution in [2.75, 3.05) is 0 Å². The van der Waals surface area contributed by atoms with Gasteiger partial charge in [0.1, 0.15) is 17.4 Å². The summed E-state index contributed by atoms with van der Waals surface area (Å²) in [4.78, 5) is 4.80. The van der Waals surface area contributed by atoms with E-state index in [0.717, 1.165) is 17.1 Å². The Balaban J connectivity index is 2.04. The van der Waals surface area contributed by atoms with Crippen LogP contribution >= 0.6 is 0 Å². The van der Waals surface area contributed by atoms with Gasteiger partial charge in [-0.2, -0.15) is 0 Å². The third-order valence-corrected chi connectivity index (χ3v) is 4.91. The minimum atomic E-state index is -3.49. The number of hydrogen-bond acceptors (Lipinski definition) is 4. The lowest BCUT2D eigenvalue weighted by Gasteiger charge is -2.07. The molecule has 3 rings (SSSR count). The maximum absolute atomic E-state index is 12.0. The highest BCUT2D eigenvalue weighted by molar-refractivity contribution is 7.90. The molecule has 2 aromatic rings. The maximum Gasteiger partial charge on any atom is 0.263 e. The molecule has 1 unspecified atom stereocenters. The predicted octanol–water partition coefficient (Wildman–Crippen LogP) is 2.70. The van der Waals surface area contributed by atoms with Crippen LogP contribution in [-0.2, 0) is 10.0 Å². The molecule has 21 heavy (non-hydrogen) atoms. The Labute approximate surface area is 123 Å². The van der Waals surface area contributed by atoms with Crippen LogP contribution in [0.1, 0.15) is 35.6 Å². The number of nitrogens with one attached hydrogen (secondary N) is 1. The first-order chi connectivity index (χ1) is 9.88. The standard InChI is InChI=1S/C15H16N2O3S/c1-9-8-13(11(3)20-9)10(2)16-15-12-6-4-5-7-14(12)21(18,19)17-15/h4-8,10H,1-3H3,(H,16,17). The number of furan rings is 1. The van der Waals surface area contributed by atoms with Gasteiger partial charge in [0.2, 0.25) is 0 Å². The Hall–Kier alpha value is -2.08. The Morgan fingerprint density at radius 2 is 1.95 bits per heavy atom. The van der Waals surface area contributed by atoms with Crippen molar-refractivity contribution in [3.8, 4) is 0 Å². The Bertz CT molecular complexity index is 834. The van der Waals surface area contributed by atoms with Crippen LogP contribution in [0.4, 0.5) is 0 Å². The summed E-state index contributed by atoms with van der Waals surface area (Å²) >= 11 is 0. The highest BCUT2D eigenvalue weighted by Crippen LogP contribution is 2.27. The summed E-state index contributed by atoms with van der Waals surface area (Å²) in [6.07, 6.45) is 0. The van der Waals surface area contributed by atoms with E-state index in [1.807, 2.05) is 26.8 Å². The third kappa shape index (κ3) is 2.35. The van der Waals surface area contributed by atoms with E-state index in [0.29, 0.717) is 11.4 Å². The highest BCUT2D eigenvalue weighted by Gasteiger charge is 2.30. The van der Waals surface area contributed by atoms with Gasteiger partial charge in [0.15, 0.2) is 0 Å². The molecule has 0 amide bonds. The lowest BCUT2D eigenvalue weighted by atomic mass is 10.1. The summed E-state index contributed by atoms with van der Waals surface area (Å²) in [7, 11) is -3.49. The number of aryl methyl sites for hydroxylation is 2. The molecule has 1 N–H and O–H groups in total. The zero-order valence-corrected chi connectivity index (χ0v) is 12.9. The minimum absolute atomic E-state index is 0.189. The van der Waals surface area contributed by atoms with Crippen LogP contribution in [0.5, 0.6) is 0 Å². The topological polar surface area (TPSA) is 71.7 Å². The summed E-state index contributed by atoms with van der Waals surface area (Å²) in [5.41, 5.74) is 1.57. The summed E-state index contributed by atoms with van der Waals surface area (Å²) in [6.45, 7) is 5.68. The minimum Gasteiger partial charge on any atom is -0.466 e. The fraction of sp³-hybridized carbons (Fsp3) is 0.267. The largest absolute Gasteiger partial charge is 0.466 e. The lowest BCUT2D eigenvalue weighted by Crippen LogP contribution is -2.22. The number of nitrogens with zero attached hydrogens (tertiary/aromatic N) is 1. The van der Waals surface area contributed by atoms with Gasteiger partial charge in [0, 0.05) is 11.1 Å². The van der Waals surface area contributed by atoms with Gasteiger partial charge in [-0.25, -0.2) is 8.42 Å². The maximum atomic E-state index is 12.0. The van der Waals surface area contributed by atoms with Crippen LogP contribution in [0.15, 0.2) is 44.6 Å². The second-order valence-electron chi connectivity index (χ2n) is 5.12. The number of benzene rings is 1. The molecule has 1 aliphatic heterocycles. The van der Waals surface area contributed by atoms with Crippen molar-refractivity contribution in [1.82, 2.24) is 4.72 Å². The Morgan fingerprint density at radius 1 is 1.24 bits per heavy atom. The van der Waals surface area contributed by atoms with Crippen molar-refractivity contribution >= 4 is 15.9 Å². The molecule has 0 saturated heterocycles. The molecule has 6 heteroatoms. The van der Waals surface area contributed by atoms with Crippen LogP contribution in [0, 0.1) is 13.8 Å². The molecular formula is C15H16N2O3S. The average Bonchev–Trinajstić information content (AvgIpc) is 2.88. The smallest absolute Gasteiger partial charge is 0.263 e. The van der Waals surface area contributed by atoms with Gasteiger partial charge in [-0.1, -0.05) is 12.1 Å². The van der Waals surface area contributed by atoms with Crippen molar-refractivity contribution < 1.29 is 12.8 Å². The van der Waals surface area contributed by atoms with E-state index >= 15 is 0 Å². The second-order valence-corrected chi connectivity index (χ2v) is 6.77. The van der Waals surface area contributed by atoms with E-state index in [4.69, 9.17) is 4.42 Å². The quantitative estimate of drug-likeness (QED) is 0.927. The van der Waals surface area contributed by atoms with Crippen LogP contribution in [0.2, 0.25) is 0 Å². The molecule has 0 spiro atoms. The van der Waals surface area contributed by atoms with Gasteiger partial charge in [-0.05, 0) is 39.0 Å². The molecule has 2 heterocycles. The van der Waals surface area contributed by atoms with Gasteiger partial charge >= 0.3 is 0 Å². The van der Waals surface area contributed by atoms with E-state index in [2.05, 4.69) is 9.71 Å². The summed E-state index contributed by atoms with van der Waals surface area (Å²) in [5, 5.41) is 0. The molecule has 110 valence electrons. The van der Waals surface area contributed by atoms with Crippen LogP contribution in [-0.4, -0.2) is 14.3 Å². The van der Waals surface area contributed by atoms with Gasteiger partial charge in [0.05, 0.1) is 10.9 Å². The van der Waals surface area contributed by atoms with Crippen LogP contribution in [0.25, 0.3) is 0 Å². The number of amidine groups is 1. The molecule has 0 radical (unpaired) electrons. The molecule has 0 bridgehead atoms. The second kappa shape index (κ2) is 4.73. The Kier molecular flexibility index (Phi) is 3.13. The van der Waals surface area contributed by atoms with Crippen molar-refractivity contribution in [2.45, 2.75) is 31.7 Å². The lowest BCUT2D eigenvalue weighted by molar-refractivity contribution is 0.499. The van der Waals surface area contributed by atoms with E-state index in [-0.39, 0.29) is 10.9 Å². The molecule has 0 fully saturated rings. The normalized spacial score (nSPS) is 19.3. The van der Waals surface area contributed by atoms with E-state index in [9.17, 15) is 8.42 Å². The third-order valence-electron chi connectivity index (χ3n) is 3.51. The molecule has 1 aromatic heterocycles. The Morgan fingerprint density at radius 3 is 2.62 bits per heavy atom. The van der Waals surface area contributed by atoms with Gasteiger partial charge in [-0.3, -0.25) is 9.71 Å². The van der Waals surface area contributed by atoms with Gasteiger partial charge < -0.3 is 4.42 Å². The predicted molar refractivity (Wildman–Crippen MR) is 79.9 cm³/mol. The van der Waals surface area contributed by atoms with Crippen molar-refractivity contribution in [3.05, 3.63) is 53.0 Å². The number of hydrogen-bond donors (Lipinski definition) is 1.